The Bertz CT molecular complexity index is 736. The zero-order valence-electron chi connectivity index (χ0n) is 15.0. The lowest BCUT2D eigenvalue weighted by atomic mass is 10.0. The monoisotopic (exact) mass is 362 g/mol. The molecule has 26 heavy (non-hydrogen) atoms. The molecular weight excluding hydrogens is 340 g/mol. The summed E-state index contributed by atoms with van der Waals surface area (Å²) >= 11 is 0. The second-order valence-corrected chi connectivity index (χ2v) is 6.05. The van der Waals surface area contributed by atoms with Crippen molar-refractivity contribution in [3.8, 4) is 0 Å². The van der Waals surface area contributed by atoms with Crippen molar-refractivity contribution in [2.24, 2.45) is 5.16 Å². The number of benzene rings is 1. The summed E-state index contributed by atoms with van der Waals surface area (Å²) in [4.78, 5) is 31.8. The molecule has 1 fully saturated rings. The number of nitrogens with one attached hydrogen (secondary N) is 1. The molecule has 0 saturated carbocycles. The first kappa shape index (κ1) is 17.8. The summed E-state index contributed by atoms with van der Waals surface area (Å²) in [5, 5.41) is 6.58. The quantitative estimate of drug-likeness (QED) is 0.820. The fourth-order valence-electron chi connectivity index (χ4n) is 3.14. The number of nitrogens with zero attached hydrogens (tertiary/aromatic N) is 3. The van der Waals surface area contributed by atoms with E-state index in [1.165, 1.54) is 14.2 Å². The predicted molar refractivity (Wildman–Crippen MR) is 95.6 cm³/mol. The van der Waals surface area contributed by atoms with E-state index in [4.69, 9.17) is 9.57 Å². The van der Waals surface area contributed by atoms with Crippen LogP contribution in [0.4, 0.5) is 21.0 Å². The molecule has 140 valence electrons. The third-order valence-electron chi connectivity index (χ3n) is 4.47. The van der Waals surface area contributed by atoms with Gasteiger partial charge in [-0.25, -0.2) is 9.59 Å². The molecule has 9 heteroatoms. The van der Waals surface area contributed by atoms with Crippen LogP contribution in [0.1, 0.15) is 12.0 Å². The molecule has 1 saturated heterocycles. The zero-order valence-corrected chi connectivity index (χ0v) is 15.0. The van der Waals surface area contributed by atoms with Crippen LogP contribution in [0.25, 0.3) is 0 Å². The molecule has 1 unspecified atom stereocenters. The molecule has 1 N–H and O–H groups in total. The lowest BCUT2D eigenvalue weighted by Gasteiger charge is -2.29. The molecule has 0 bridgehead atoms. The third kappa shape index (κ3) is 3.51. The number of fused-ring (bicyclic) bond motifs is 1. The van der Waals surface area contributed by atoms with E-state index in [0.29, 0.717) is 6.54 Å². The molecule has 0 spiro atoms. The van der Waals surface area contributed by atoms with Gasteiger partial charge in [0.1, 0.15) is 19.0 Å². The smallest absolute Gasteiger partial charge is 0.414 e. The standard InChI is InChI=1S/C17H22N4O5/c1-20-14-6-5-12(8-11(14)4-7-15(20)19-25-3)21-10-13(26-17(21)23)9-18-16(22)24-2/h5-6,8,13H,4,7,9-10H2,1-3H3,(H,18,22). The number of carbonyl (C=O) groups is 2. The summed E-state index contributed by atoms with van der Waals surface area (Å²) in [6.07, 6.45) is 0.182. The molecule has 2 aliphatic rings. The Labute approximate surface area is 151 Å². The van der Waals surface area contributed by atoms with Crippen LogP contribution in [0.5, 0.6) is 0 Å². The maximum atomic E-state index is 12.2. The Balaban J connectivity index is 1.72. The van der Waals surface area contributed by atoms with E-state index in [0.717, 1.165) is 35.6 Å². The summed E-state index contributed by atoms with van der Waals surface area (Å²) in [7, 11) is 4.76. The van der Waals surface area contributed by atoms with Gasteiger partial charge in [-0.15, -0.1) is 0 Å². The highest BCUT2D eigenvalue weighted by molar-refractivity contribution is 6.00. The van der Waals surface area contributed by atoms with Gasteiger partial charge in [-0.1, -0.05) is 5.16 Å². The van der Waals surface area contributed by atoms with Crippen molar-refractivity contribution in [2.75, 3.05) is 44.2 Å². The fraction of sp³-hybridized carbons (Fsp3) is 0.471. The highest BCUT2D eigenvalue weighted by Crippen LogP contribution is 2.32. The topological polar surface area (TPSA) is 92.7 Å². The molecule has 2 amide bonds. The maximum absolute atomic E-state index is 12.2. The minimum absolute atomic E-state index is 0.208. The third-order valence-corrected chi connectivity index (χ3v) is 4.47. The Hall–Kier alpha value is -2.97. The van der Waals surface area contributed by atoms with E-state index in [1.807, 2.05) is 30.1 Å². The number of oxime groups is 1. The number of carbonyl (C=O) groups excluding carboxylic acids is 2. The van der Waals surface area contributed by atoms with Gasteiger partial charge in [0.15, 0.2) is 0 Å². The number of hydrogen-bond donors (Lipinski definition) is 1. The molecule has 2 heterocycles. The number of amides is 2. The maximum Gasteiger partial charge on any atom is 0.414 e. The number of methoxy groups -OCH3 is 1. The van der Waals surface area contributed by atoms with Crippen LogP contribution in [0.2, 0.25) is 0 Å². The first-order valence-corrected chi connectivity index (χ1v) is 8.30. The van der Waals surface area contributed by atoms with Gasteiger partial charge in [0.2, 0.25) is 0 Å². The molecule has 3 rings (SSSR count). The lowest BCUT2D eigenvalue weighted by molar-refractivity contribution is 0.132. The number of amidine groups is 1. The van der Waals surface area contributed by atoms with Gasteiger partial charge in [0, 0.05) is 24.8 Å². The SMILES string of the molecule is CON=C1CCc2cc(N3CC(CNC(=O)OC)OC3=O)ccc2N1C. The average Bonchev–Trinajstić information content (AvgIpc) is 3.02. The summed E-state index contributed by atoms with van der Waals surface area (Å²) < 4.78 is 9.83. The van der Waals surface area contributed by atoms with E-state index in [-0.39, 0.29) is 6.54 Å². The van der Waals surface area contributed by atoms with Gasteiger partial charge < -0.3 is 24.5 Å². The largest absolute Gasteiger partial charge is 0.453 e. The van der Waals surface area contributed by atoms with Gasteiger partial charge in [0.05, 0.1) is 20.2 Å². The second-order valence-electron chi connectivity index (χ2n) is 6.05. The second kappa shape index (κ2) is 7.51. The van der Waals surface area contributed by atoms with Crippen LogP contribution in [0, 0.1) is 0 Å². The normalized spacial score (nSPS) is 20.7. The minimum Gasteiger partial charge on any atom is -0.453 e. The van der Waals surface area contributed by atoms with Crippen molar-refractivity contribution in [3.05, 3.63) is 23.8 Å². The Morgan fingerprint density at radius 1 is 1.38 bits per heavy atom. The molecule has 2 aliphatic heterocycles. The minimum atomic E-state index is -0.551. The van der Waals surface area contributed by atoms with Gasteiger partial charge in [0.25, 0.3) is 0 Å². The summed E-state index contributed by atoms with van der Waals surface area (Å²) in [6, 6.07) is 5.83. The van der Waals surface area contributed by atoms with Gasteiger partial charge in [-0.3, -0.25) is 4.90 Å². The van der Waals surface area contributed by atoms with Crippen molar-refractivity contribution in [1.82, 2.24) is 5.32 Å². The van der Waals surface area contributed by atoms with Crippen molar-refractivity contribution < 1.29 is 23.9 Å². The molecule has 1 atom stereocenters. The first-order chi connectivity index (χ1) is 12.5. The molecule has 1 aromatic rings. The Morgan fingerprint density at radius 2 is 2.19 bits per heavy atom. The highest BCUT2D eigenvalue weighted by atomic mass is 16.6. The molecule has 0 aliphatic carbocycles. The number of alkyl carbamates (subject to hydrolysis) is 1. The van der Waals surface area contributed by atoms with E-state index < -0.39 is 18.3 Å². The Morgan fingerprint density at radius 3 is 2.92 bits per heavy atom. The van der Waals surface area contributed by atoms with E-state index in [9.17, 15) is 9.59 Å². The van der Waals surface area contributed by atoms with Crippen LogP contribution in [0.15, 0.2) is 23.4 Å². The summed E-state index contributed by atoms with van der Waals surface area (Å²) in [5.74, 6) is 0.863. The Kier molecular flexibility index (Phi) is 5.15. The van der Waals surface area contributed by atoms with Crippen LogP contribution in [-0.4, -0.2) is 58.5 Å². The average molecular weight is 362 g/mol. The van der Waals surface area contributed by atoms with Crippen LogP contribution >= 0.6 is 0 Å². The lowest BCUT2D eigenvalue weighted by Crippen LogP contribution is -2.34. The summed E-state index contributed by atoms with van der Waals surface area (Å²) in [5.41, 5.74) is 2.94. The van der Waals surface area contributed by atoms with Crippen molar-refractivity contribution in [3.63, 3.8) is 0 Å². The van der Waals surface area contributed by atoms with Crippen LogP contribution in [0.3, 0.4) is 0 Å². The number of cyclic esters (lactones) is 1. The van der Waals surface area contributed by atoms with E-state index in [1.54, 1.807) is 4.90 Å². The molecule has 0 aromatic heterocycles. The van der Waals surface area contributed by atoms with Crippen molar-refractivity contribution >= 4 is 29.4 Å². The van der Waals surface area contributed by atoms with Crippen molar-refractivity contribution in [2.45, 2.75) is 18.9 Å². The van der Waals surface area contributed by atoms with Crippen LogP contribution < -0.4 is 15.1 Å². The molecule has 1 aromatic carbocycles. The predicted octanol–water partition coefficient (Wildman–Crippen LogP) is 1.71. The van der Waals surface area contributed by atoms with E-state index in [2.05, 4.69) is 15.2 Å². The number of rotatable bonds is 4. The molecule has 0 radical (unpaired) electrons. The number of hydrogen-bond acceptors (Lipinski definition) is 6. The highest BCUT2D eigenvalue weighted by Gasteiger charge is 2.33. The zero-order chi connectivity index (χ0) is 18.7. The van der Waals surface area contributed by atoms with Gasteiger partial charge >= 0.3 is 12.2 Å². The molecule has 9 nitrogen and oxygen atoms in total. The first-order valence-electron chi connectivity index (χ1n) is 8.30. The summed E-state index contributed by atoms with van der Waals surface area (Å²) in [6.45, 7) is 0.577. The van der Waals surface area contributed by atoms with Gasteiger partial charge in [-0.2, -0.15) is 0 Å². The molecular formula is C17H22N4O5. The number of ether oxygens (including phenoxy) is 2. The van der Waals surface area contributed by atoms with Crippen molar-refractivity contribution in [1.29, 1.82) is 0 Å². The fourth-order valence-corrected chi connectivity index (χ4v) is 3.14. The number of aryl methyl sites for hydroxylation is 1. The van der Waals surface area contributed by atoms with Crippen LogP contribution in [-0.2, 0) is 20.7 Å². The van der Waals surface area contributed by atoms with Gasteiger partial charge in [-0.05, 0) is 30.2 Å². The van der Waals surface area contributed by atoms with E-state index >= 15 is 0 Å². The number of anilines is 2.